The fourth-order valence-corrected chi connectivity index (χ4v) is 1.43. The summed E-state index contributed by atoms with van der Waals surface area (Å²) in [5, 5.41) is 4.24. The predicted octanol–water partition coefficient (Wildman–Crippen LogP) is 2.28. The molecule has 84 valence electrons. The second kappa shape index (κ2) is 4.17. The highest BCUT2D eigenvalue weighted by molar-refractivity contribution is 5.85. The summed E-state index contributed by atoms with van der Waals surface area (Å²) in [6.07, 6.45) is 1.36. The van der Waals surface area contributed by atoms with E-state index in [1.165, 1.54) is 0 Å². The summed E-state index contributed by atoms with van der Waals surface area (Å²) in [5.41, 5.74) is 1.74. The van der Waals surface area contributed by atoms with Crippen molar-refractivity contribution in [3.05, 3.63) is 17.5 Å². The van der Waals surface area contributed by atoms with Gasteiger partial charge in [-0.25, -0.2) is 0 Å². The van der Waals surface area contributed by atoms with Crippen molar-refractivity contribution in [3.8, 4) is 0 Å². The van der Waals surface area contributed by atoms with Gasteiger partial charge in [0.25, 0.3) is 0 Å². The van der Waals surface area contributed by atoms with E-state index in [1.54, 1.807) is 4.68 Å². The SMILES string of the molecule is CCC(C)(C)C(=O)Cc1cc(C)nn1C. The van der Waals surface area contributed by atoms with Crippen molar-refractivity contribution >= 4 is 5.78 Å². The van der Waals surface area contributed by atoms with Crippen molar-refractivity contribution in [3.63, 3.8) is 0 Å². The lowest BCUT2D eigenvalue weighted by atomic mass is 9.83. The molecule has 0 radical (unpaired) electrons. The Morgan fingerprint density at radius 1 is 1.53 bits per heavy atom. The molecule has 15 heavy (non-hydrogen) atoms. The molecular weight excluding hydrogens is 188 g/mol. The van der Waals surface area contributed by atoms with Crippen LogP contribution in [0.4, 0.5) is 0 Å². The molecule has 0 unspecified atom stereocenters. The Kier molecular flexibility index (Phi) is 3.32. The highest BCUT2D eigenvalue weighted by Gasteiger charge is 2.25. The number of ketones is 1. The summed E-state index contributed by atoms with van der Waals surface area (Å²) in [5.74, 6) is 0.285. The Labute approximate surface area is 91.5 Å². The quantitative estimate of drug-likeness (QED) is 0.760. The van der Waals surface area contributed by atoms with Crippen molar-refractivity contribution in [1.82, 2.24) is 9.78 Å². The Balaban J connectivity index is 2.79. The summed E-state index contributed by atoms with van der Waals surface area (Å²) in [4.78, 5) is 12.0. The number of carbonyl (C=O) groups is 1. The molecule has 0 aliphatic heterocycles. The number of aromatic nitrogens is 2. The highest BCUT2D eigenvalue weighted by Crippen LogP contribution is 2.23. The Bertz CT molecular complexity index is 364. The first-order valence-electron chi connectivity index (χ1n) is 5.39. The molecule has 1 heterocycles. The van der Waals surface area contributed by atoms with Gasteiger partial charge >= 0.3 is 0 Å². The van der Waals surface area contributed by atoms with Gasteiger partial charge in [-0.15, -0.1) is 0 Å². The van der Waals surface area contributed by atoms with Gasteiger partial charge in [-0.3, -0.25) is 9.48 Å². The molecular formula is C12H20N2O. The third-order valence-electron chi connectivity index (χ3n) is 3.08. The lowest BCUT2D eigenvalue weighted by Crippen LogP contribution is -2.25. The summed E-state index contributed by atoms with van der Waals surface area (Å²) in [6.45, 7) is 7.99. The molecule has 1 rings (SSSR count). The average molecular weight is 208 g/mol. The van der Waals surface area contributed by atoms with Crippen LogP contribution in [0.3, 0.4) is 0 Å². The van der Waals surface area contributed by atoms with Crippen LogP contribution in [-0.2, 0) is 18.3 Å². The van der Waals surface area contributed by atoms with E-state index in [0.717, 1.165) is 17.8 Å². The zero-order valence-electron chi connectivity index (χ0n) is 10.3. The number of nitrogens with zero attached hydrogens (tertiary/aromatic N) is 2. The second-order valence-corrected chi connectivity index (χ2v) is 4.74. The third kappa shape index (κ3) is 2.67. The minimum atomic E-state index is -0.224. The van der Waals surface area contributed by atoms with E-state index < -0.39 is 0 Å². The van der Waals surface area contributed by atoms with Crippen LogP contribution in [0.5, 0.6) is 0 Å². The molecule has 0 aliphatic rings. The molecule has 0 aromatic carbocycles. The number of hydrogen-bond donors (Lipinski definition) is 0. The second-order valence-electron chi connectivity index (χ2n) is 4.74. The van der Waals surface area contributed by atoms with Gasteiger partial charge in [0, 0.05) is 24.6 Å². The number of carbonyl (C=O) groups excluding carboxylic acids is 1. The Hall–Kier alpha value is -1.12. The standard InChI is InChI=1S/C12H20N2O/c1-6-12(3,4)11(15)8-10-7-9(2)13-14(10)5/h7H,6,8H2,1-5H3. The van der Waals surface area contributed by atoms with Gasteiger partial charge in [0.1, 0.15) is 5.78 Å². The molecule has 3 heteroatoms. The van der Waals surface area contributed by atoms with Crippen LogP contribution in [0.1, 0.15) is 38.6 Å². The van der Waals surface area contributed by atoms with Gasteiger partial charge < -0.3 is 0 Å². The molecule has 0 bridgehead atoms. The highest BCUT2D eigenvalue weighted by atomic mass is 16.1. The van der Waals surface area contributed by atoms with Gasteiger partial charge in [0.15, 0.2) is 0 Å². The minimum absolute atomic E-state index is 0.224. The minimum Gasteiger partial charge on any atom is -0.299 e. The van der Waals surface area contributed by atoms with Crippen LogP contribution in [0.15, 0.2) is 6.07 Å². The number of aryl methyl sites for hydroxylation is 2. The van der Waals surface area contributed by atoms with Gasteiger partial charge in [0.05, 0.1) is 5.69 Å². The lowest BCUT2D eigenvalue weighted by Gasteiger charge is -2.20. The fraction of sp³-hybridized carbons (Fsp3) is 0.667. The first-order chi connectivity index (χ1) is 6.86. The van der Waals surface area contributed by atoms with Crippen LogP contribution in [0.25, 0.3) is 0 Å². The lowest BCUT2D eigenvalue weighted by molar-refractivity contribution is -0.126. The first-order valence-corrected chi connectivity index (χ1v) is 5.39. The molecule has 0 atom stereocenters. The van der Waals surface area contributed by atoms with E-state index in [2.05, 4.69) is 5.10 Å². The van der Waals surface area contributed by atoms with Gasteiger partial charge in [-0.1, -0.05) is 20.8 Å². The largest absolute Gasteiger partial charge is 0.299 e. The van der Waals surface area contributed by atoms with Crippen LogP contribution < -0.4 is 0 Å². The maximum Gasteiger partial charge on any atom is 0.144 e. The Morgan fingerprint density at radius 2 is 2.13 bits per heavy atom. The summed E-state index contributed by atoms with van der Waals surface area (Å²) in [6, 6.07) is 1.98. The maximum absolute atomic E-state index is 12.0. The zero-order chi connectivity index (χ0) is 11.6. The molecule has 0 saturated carbocycles. The molecule has 1 aromatic rings. The van der Waals surface area contributed by atoms with Crippen LogP contribution in [-0.4, -0.2) is 15.6 Å². The smallest absolute Gasteiger partial charge is 0.144 e. The van der Waals surface area contributed by atoms with E-state index in [0.29, 0.717) is 6.42 Å². The fourth-order valence-electron chi connectivity index (χ4n) is 1.43. The molecule has 0 fully saturated rings. The summed E-state index contributed by atoms with van der Waals surface area (Å²) in [7, 11) is 1.88. The van der Waals surface area contributed by atoms with Gasteiger partial charge in [-0.2, -0.15) is 5.10 Å². The van der Waals surface area contributed by atoms with E-state index in [-0.39, 0.29) is 11.2 Å². The molecule has 0 amide bonds. The topological polar surface area (TPSA) is 34.9 Å². The van der Waals surface area contributed by atoms with Crippen molar-refractivity contribution in [2.45, 2.75) is 40.5 Å². The Morgan fingerprint density at radius 3 is 2.53 bits per heavy atom. The zero-order valence-corrected chi connectivity index (χ0v) is 10.3. The third-order valence-corrected chi connectivity index (χ3v) is 3.08. The van der Waals surface area contributed by atoms with Crippen molar-refractivity contribution in [2.24, 2.45) is 12.5 Å². The van der Waals surface area contributed by atoms with Crippen molar-refractivity contribution in [1.29, 1.82) is 0 Å². The van der Waals surface area contributed by atoms with Gasteiger partial charge in [-0.05, 0) is 19.4 Å². The molecule has 0 spiro atoms. The van der Waals surface area contributed by atoms with Crippen molar-refractivity contribution in [2.75, 3.05) is 0 Å². The number of hydrogen-bond acceptors (Lipinski definition) is 2. The van der Waals surface area contributed by atoms with Gasteiger partial charge in [0.2, 0.25) is 0 Å². The number of Topliss-reactive ketones (excluding diaryl/α,β-unsaturated/α-hetero) is 1. The molecule has 0 saturated heterocycles. The molecule has 3 nitrogen and oxygen atoms in total. The van der Waals surface area contributed by atoms with E-state index in [9.17, 15) is 4.79 Å². The predicted molar refractivity (Wildman–Crippen MR) is 60.7 cm³/mol. The maximum atomic E-state index is 12.0. The van der Waals surface area contributed by atoms with E-state index in [1.807, 2.05) is 40.8 Å². The summed E-state index contributed by atoms with van der Waals surface area (Å²) >= 11 is 0. The average Bonchev–Trinajstić information content (AvgIpc) is 2.45. The van der Waals surface area contributed by atoms with Crippen LogP contribution in [0, 0.1) is 12.3 Å². The normalized spacial score (nSPS) is 11.8. The van der Waals surface area contributed by atoms with Crippen molar-refractivity contribution < 1.29 is 4.79 Å². The first kappa shape index (κ1) is 12.0. The van der Waals surface area contributed by atoms with Crippen LogP contribution in [0.2, 0.25) is 0 Å². The van der Waals surface area contributed by atoms with E-state index in [4.69, 9.17) is 0 Å². The monoisotopic (exact) mass is 208 g/mol. The molecule has 0 aliphatic carbocycles. The molecule has 1 aromatic heterocycles. The summed E-state index contributed by atoms with van der Waals surface area (Å²) < 4.78 is 1.79. The number of rotatable bonds is 4. The van der Waals surface area contributed by atoms with E-state index >= 15 is 0 Å². The van der Waals surface area contributed by atoms with Crippen LogP contribution >= 0.6 is 0 Å². The molecule has 0 N–H and O–H groups in total.